The van der Waals surface area contributed by atoms with Crippen LogP contribution in [0.15, 0.2) is 109 Å². The first-order chi connectivity index (χ1) is 19.9. The third kappa shape index (κ3) is 5.17. The number of rotatable bonds is 7. The van der Waals surface area contributed by atoms with Gasteiger partial charge in [-0.1, -0.05) is 72.8 Å². The molecule has 2 aromatic heterocycles. The normalized spacial score (nSPS) is 12.0. The lowest BCUT2D eigenvalue weighted by atomic mass is 9.98. The van der Waals surface area contributed by atoms with E-state index in [0.29, 0.717) is 28.6 Å². The molecular formula is C34H26FN3O3. The Morgan fingerprint density at radius 1 is 0.927 bits per heavy atom. The van der Waals surface area contributed by atoms with Crippen molar-refractivity contribution >= 4 is 28.2 Å². The first-order valence-corrected chi connectivity index (χ1v) is 13.2. The number of hydrogen-bond donors (Lipinski definition) is 2. The molecule has 2 N–H and O–H groups in total. The number of halogens is 1. The number of aromatic carboxylic acids is 1. The smallest absolute Gasteiger partial charge is 0.335 e. The maximum atomic E-state index is 14.8. The van der Waals surface area contributed by atoms with Crippen LogP contribution in [0.5, 0.6) is 0 Å². The third-order valence-corrected chi connectivity index (χ3v) is 7.33. The summed E-state index contributed by atoms with van der Waals surface area (Å²) in [4.78, 5) is 25.1. The lowest BCUT2D eigenvalue weighted by molar-refractivity contribution is 0.0696. The highest BCUT2D eigenvalue weighted by Gasteiger charge is 2.21. The number of nitrogens with zero attached hydrogens (tertiary/aromatic N) is 2. The van der Waals surface area contributed by atoms with Crippen LogP contribution in [0.25, 0.3) is 27.4 Å². The molecule has 0 spiro atoms. The average molecular weight is 544 g/mol. The van der Waals surface area contributed by atoms with Gasteiger partial charge < -0.3 is 10.4 Å². The Bertz CT molecular complexity index is 1930. The molecule has 0 radical (unpaired) electrons. The molecule has 4 aromatic carbocycles. The highest BCUT2D eigenvalue weighted by molar-refractivity contribution is 6.03. The van der Waals surface area contributed by atoms with Gasteiger partial charge in [0.25, 0.3) is 5.91 Å². The van der Waals surface area contributed by atoms with Crippen molar-refractivity contribution in [1.82, 2.24) is 14.9 Å². The number of benzene rings is 4. The SMILES string of the molecule is C[C@H](NC(=O)c1cc(-c2ccccc2F)cn2ncc(Cc3ccc4ccccc4c3)c12)c1ccc(C(=O)O)cc1. The molecule has 7 heteroatoms. The van der Waals surface area contributed by atoms with Gasteiger partial charge in [-0.25, -0.2) is 13.7 Å². The zero-order chi connectivity index (χ0) is 28.5. The largest absolute Gasteiger partial charge is 0.478 e. The number of aromatic nitrogens is 2. The second-order valence-corrected chi connectivity index (χ2v) is 10.1. The fourth-order valence-corrected chi connectivity index (χ4v) is 5.17. The van der Waals surface area contributed by atoms with Crippen LogP contribution in [0.2, 0.25) is 0 Å². The van der Waals surface area contributed by atoms with E-state index in [1.54, 1.807) is 53.3 Å². The Kier molecular flexibility index (Phi) is 6.77. The summed E-state index contributed by atoms with van der Waals surface area (Å²) in [5.74, 6) is -1.75. The van der Waals surface area contributed by atoms with E-state index in [1.807, 2.05) is 19.1 Å². The van der Waals surface area contributed by atoms with Crippen LogP contribution < -0.4 is 5.32 Å². The molecule has 6 rings (SSSR count). The minimum atomic E-state index is -1.01. The summed E-state index contributed by atoms with van der Waals surface area (Å²) in [6.45, 7) is 1.83. The lowest BCUT2D eigenvalue weighted by Gasteiger charge is -2.17. The van der Waals surface area contributed by atoms with Gasteiger partial charge in [0, 0.05) is 29.3 Å². The summed E-state index contributed by atoms with van der Waals surface area (Å²) in [5.41, 5.74) is 4.78. The summed E-state index contributed by atoms with van der Waals surface area (Å²) in [6.07, 6.45) is 4.04. The Labute approximate surface area is 235 Å². The number of carbonyl (C=O) groups is 2. The molecule has 0 aliphatic rings. The van der Waals surface area contributed by atoms with Crippen molar-refractivity contribution in [3.05, 3.63) is 143 Å². The molecule has 1 amide bonds. The highest BCUT2D eigenvalue weighted by atomic mass is 19.1. The predicted octanol–water partition coefficient (Wildman–Crippen LogP) is 7.07. The zero-order valence-electron chi connectivity index (χ0n) is 22.2. The van der Waals surface area contributed by atoms with E-state index >= 15 is 0 Å². The van der Waals surface area contributed by atoms with Gasteiger partial charge in [0.1, 0.15) is 5.82 Å². The number of carboxylic acids is 1. The van der Waals surface area contributed by atoms with Crippen molar-refractivity contribution in [2.24, 2.45) is 0 Å². The zero-order valence-corrected chi connectivity index (χ0v) is 22.2. The summed E-state index contributed by atoms with van der Waals surface area (Å²) < 4.78 is 16.4. The first-order valence-electron chi connectivity index (χ1n) is 13.2. The maximum Gasteiger partial charge on any atom is 0.335 e. The minimum Gasteiger partial charge on any atom is -0.478 e. The molecule has 0 aliphatic carbocycles. The topological polar surface area (TPSA) is 83.7 Å². The summed E-state index contributed by atoms with van der Waals surface area (Å²) in [5, 5.41) is 19.1. The van der Waals surface area contributed by atoms with Crippen LogP contribution in [-0.2, 0) is 6.42 Å². The summed E-state index contributed by atoms with van der Waals surface area (Å²) >= 11 is 0. The molecule has 6 aromatic rings. The number of nitrogens with one attached hydrogen (secondary N) is 1. The molecule has 202 valence electrons. The summed E-state index contributed by atoms with van der Waals surface area (Å²) in [6, 6.07) is 28.5. The van der Waals surface area contributed by atoms with Gasteiger partial charge in [0.15, 0.2) is 0 Å². The van der Waals surface area contributed by atoms with Crippen LogP contribution >= 0.6 is 0 Å². The lowest BCUT2D eigenvalue weighted by Crippen LogP contribution is -2.27. The number of hydrogen-bond acceptors (Lipinski definition) is 3. The molecule has 0 unspecified atom stereocenters. The van der Waals surface area contributed by atoms with Gasteiger partial charge in [-0.05, 0) is 53.1 Å². The Morgan fingerprint density at radius 2 is 1.66 bits per heavy atom. The number of carbonyl (C=O) groups excluding carboxylic acids is 1. The number of amides is 1. The van der Waals surface area contributed by atoms with Gasteiger partial charge >= 0.3 is 5.97 Å². The van der Waals surface area contributed by atoms with E-state index in [-0.39, 0.29) is 11.5 Å². The quantitative estimate of drug-likeness (QED) is 0.226. The number of carboxylic acid groups (broad SMARTS) is 1. The van der Waals surface area contributed by atoms with Crippen molar-refractivity contribution < 1.29 is 19.1 Å². The molecule has 2 heterocycles. The van der Waals surface area contributed by atoms with E-state index < -0.39 is 17.8 Å². The van der Waals surface area contributed by atoms with Crippen LogP contribution in [0, 0.1) is 5.82 Å². The van der Waals surface area contributed by atoms with E-state index in [0.717, 1.165) is 27.5 Å². The standard InChI is InChI=1S/C34H26FN3O3/c1-21(23-12-14-25(15-13-23)34(40)41)37-33(39)30-18-28(29-8-4-5-9-31(29)35)20-38-32(30)27(19-36-38)17-22-10-11-24-6-2-3-7-26(24)16-22/h2-16,18-21H,17H2,1H3,(H,37,39)(H,40,41)/t21-/m0/s1. The number of pyridine rings is 1. The van der Waals surface area contributed by atoms with Crippen molar-refractivity contribution in [1.29, 1.82) is 0 Å². The van der Waals surface area contributed by atoms with Crippen molar-refractivity contribution in [3.63, 3.8) is 0 Å². The fraction of sp³-hybridized carbons (Fsp3) is 0.0882. The third-order valence-electron chi connectivity index (χ3n) is 7.33. The Hall–Kier alpha value is -5.30. The monoisotopic (exact) mass is 543 g/mol. The van der Waals surface area contributed by atoms with Gasteiger partial charge in [0.05, 0.1) is 28.9 Å². The molecule has 0 fully saturated rings. The summed E-state index contributed by atoms with van der Waals surface area (Å²) in [7, 11) is 0. The molecule has 1 atom stereocenters. The average Bonchev–Trinajstić information content (AvgIpc) is 3.39. The molecule has 6 nitrogen and oxygen atoms in total. The van der Waals surface area contributed by atoms with Gasteiger partial charge in [0.2, 0.25) is 0 Å². The second-order valence-electron chi connectivity index (χ2n) is 10.1. The van der Waals surface area contributed by atoms with Crippen molar-refractivity contribution in [2.75, 3.05) is 0 Å². The fourth-order valence-electron chi connectivity index (χ4n) is 5.17. The van der Waals surface area contributed by atoms with Gasteiger partial charge in [-0.2, -0.15) is 5.10 Å². The van der Waals surface area contributed by atoms with Crippen LogP contribution in [0.3, 0.4) is 0 Å². The minimum absolute atomic E-state index is 0.171. The Morgan fingerprint density at radius 3 is 2.41 bits per heavy atom. The van der Waals surface area contributed by atoms with Gasteiger partial charge in [-0.15, -0.1) is 0 Å². The number of fused-ring (bicyclic) bond motifs is 2. The van der Waals surface area contributed by atoms with Crippen LogP contribution in [0.1, 0.15) is 50.4 Å². The van der Waals surface area contributed by atoms with Crippen molar-refractivity contribution in [2.45, 2.75) is 19.4 Å². The van der Waals surface area contributed by atoms with E-state index in [1.165, 1.54) is 18.2 Å². The Balaban J connectivity index is 1.41. The van der Waals surface area contributed by atoms with E-state index in [4.69, 9.17) is 0 Å². The van der Waals surface area contributed by atoms with Crippen LogP contribution in [0.4, 0.5) is 4.39 Å². The highest BCUT2D eigenvalue weighted by Crippen LogP contribution is 2.29. The molecule has 0 aliphatic heterocycles. The second kappa shape index (κ2) is 10.7. The van der Waals surface area contributed by atoms with E-state index in [2.05, 4.69) is 40.7 Å². The first kappa shape index (κ1) is 26.0. The van der Waals surface area contributed by atoms with Gasteiger partial charge in [-0.3, -0.25) is 4.79 Å². The van der Waals surface area contributed by atoms with Crippen molar-refractivity contribution in [3.8, 4) is 11.1 Å². The molecular weight excluding hydrogens is 517 g/mol. The molecule has 0 saturated carbocycles. The van der Waals surface area contributed by atoms with Crippen LogP contribution in [-0.4, -0.2) is 26.6 Å². The molecule has 41 heavy (non-hydrogen) atoms. The molecule has 0 saturated heterocycles. The maximum absolute atomic E-state index is 14.8. The van der Waals surface area contributed by atoms with E-state index in [9.17, 15) is 19.1 Å². The molecule has 0 bridgehead atoms. The predicted molar refractivity (Wildman–Crippen MR) is 157 cm³/mol.